The van der Waals surface area contributed by atoms with Gasteiger partial charge in [0, 0.05) is 11.7 Å². The van der Waals surface area contributed by atoms with E-state index in [2.05, 4.69) is 16.0 Å². The molecule has 0 spiro atoms. The second-order valence-corrected chi connectivity index (χ2v) is 7.15. The number of hydrogen-bond donors (Lipinski definition) is 1. The number of amides is 1. The molecule has 0 atom stereocenters. The monoisotopic (exact) mass is 354 g/mol. The molecule has 138 valence electrons. The molecule has 2 aromatic heterocycles. The van der Waals surface area contributed by atoms with Crippen molar-refractivity contribution in [2.75, 3.05) is 18.9 Å². The van der Waals surface area contributed by atoms with Gasteiger partial charge in [0.1, 0.15) is 17.6 Å². The Labute approximate surface area is 154 Å². The van der Waals surface area contributed by atoms with Crippen LogP contribution in [0.15, 0.2) is 22.8 Å². The van der Waals surface area contributed by atoms with Gasteiger partial charge in [-0.25, -0.2) is 0 Å². The zero-order valence-corrected chi connectivity index (χ0v) is 15.7. The molecule has 0 radical (unpaired) electrons. The molecular formula is C20H26N4O2. The molecular weight excluding hydrogens is 328 g/mol. The third kappa shape index (κ3) is 3.68. The van der Waals surface area contributed by atoms with Crippen LogP contribution in [0.3, 0.4) is 0 Å². The summed E-state index contributed by atoms with van der Waals surface area (Å²) >= 11 is 0. The van der Waals surface area contributed by atoms with Crippen LogP contribution in [0.5, 0.6) is 0 Å². The number of likely N-dealkylation sites (N-methyl/N-ethyl adjacent to an activating group) is 1. The fourth-order valence-corrected chi connectivity index (χ4v) is 3.85. The van der Waals surface area contributed by atoms with Crippen molar-refractivity contribution >= 4 is 11.7 Å². The van der Waals surface area contributed by atoms with Crippen LogP contribution in [0.4, 0.5) is 5.82 Å². The lowest BCUT2D eigenvalue weighted by Crippen LogP contribution is -2.31. The standard InChI is InChI=1S/C20H26N4O2/c1-14-15(2)24(16-7-4-5-8-16)20(18(14)11-21)22-19(25)13-23(3)12-17-9-6-10-26-17/h6,9-10,16H,4-5,7-8,12-13H2,1-3H3,(H,22,25). The minimum absolute atomic E-state index is 0.118. The summed E-state index contributed by atoms with van der Waals surface area (Å²) in [4.78, 5) is 14.5. The van der Waals surface area contributed by atoms with Crippen molar-refractivity contribution in [1.82, 2.24) is 9.47 Å². The highest BCUT2D eigenvalue weighted by Crippen LogP contribution is 2.37. The van der Waals surface area contributed by atoms with Crippen LogP contribution in [0.1, 0.15) is 54.3 Å². The number of furan rings is 1. The van der Waals surface area contributed by atoms with Crippen LogP contribution in [0.25, 0.3) is 0 Å². The molecule has 0 unspecified atom stereocenters. The average Bonchev–Trinajstić information content (AvgIpc) is 3.31. The second kappa shape index (κ2) is 7.79. The van der Waals surface area contributed by atoms with E-state index in [4.69, 9.17) is 4.42 Å². The van der Waals surface area contributed by atoms with E-state index in [1.807, 2.05) is 37.9 Å². The number of hydrogen-bond acceptors (Lipinski definition) is 4. The number of nitrogens with zero attached hydrogens (tertiary/aromatic N) is 3. The first-order valence-corrected chi connectivity index (χ1v) is 9.13. The summed E-state index contributed by atoms with van der Waals surface area (Å²) < 4.78 is 7.50. The van der Waals surface area contributed by atoms with Gasteiger partial charge in [-0.15, -0.1) is 0 Å². The number of carbonyl (C=O) groups is 1. The lowest BCUT2D eigenvalue weighted by molar-refractivity contribution is -0.117. The number of nitriles is 1. The topological polar surface area (TPSA) is 74.2 Å². The molecule has 0 saturated heterocycles. The summed E-state index contributed by atoms with van der Waals surface area (Å²) in [6.07, 6.45) is 6.22. The number of carbonyl (C=O) groups excluding carboxylic acids is 1. The summed E-state index contributed by atoms with van der Waals surface area (Å²) in [7, 11) is 1.87. The molecule has 1 aliphatic carbocycles. The van der Waals surface area contributed by atoms with Crippen molar-refractivity contribution in [2.45, 2.75) is 52.1 Å². The van der Waals surface area contributed by atoms with E-state index in [-0.39, 0.29) is 12.5 Å². The number of anilines is 1. The molecule has 2 aromatic rings. The summed E-state index contributed by atoms with van der Waals surface area (Å²) in [6, 6.07) is 6.37. The van der Waals surface area contributed by atoms with Gasteiger partial charge in [-0.2, -0.15) is 5.26 Å². The smallest absolute Gasteiger partial charge is 0.239 e. The van der Waals surface area contributed by atoms with Gasteiger partial charge in [0.2, 0.25) is 5.91 Å². The van der Waals surface area contributed by atoms with Gasteiger partial charge >= 0.3 is 0 Å². The van der Waals surface area contributed by atoms with E-state index in [0.717, 1.165) is 29.9 Å². The Hall–Kier alpha value is -2.52. The lowest BCUT2D eigenvalue weighted by Gasteiger charge is -2.20. The van der Waals surface area contributed by atoms with E-state index in [9.17, 15) is 10.1 Å². The van der Waals surface area contributed by atoms with Gasteiger partial charge in [-0.05, 0) is 51.4 Å². The largest absolute Gasteiger partial charge is 0.468 e. The summed E-state index contributed by atoms with van der Waals surface area (Å²) in [5.41, 5.74) is 2.61. The highest BCUT2D eigenvalue weighted by Gasteiger charge is 2.26. The van der Waals surface area contributed by atoms with E-state index in [0.29, 0.717) is 24.0 Å². The summed E-state index contributed by atoms with van der Waals surface area (Å²) in [5, 5.41) is 12.6. The molecule has 2 heterocycles. The lowest BCUT2D eigenvalue weighted by atomic mass is 10.2. The Bertz CT molecular complexity index is 808. The molecule has 6 heteroatoms. The summed E-state index contributed by atoms with van der Waals surface area (Å²) in [6.45, 7) is 4.79. The van der Waals surface area contributed by atoms with Crippen molar-refractivity contribution < 1.29 is 9.21 Å². The Morgan fingerprint density at radius 2 is 2.15 bits per heavy atom. The van der Waals surface area contributed by atoms with Crippen LogP contribution in [0, 0.1) is 25.2 Å². The van der Waals surface area contributed by atoms with E-state index < -0.39 is 0 Å². The molecule has 1 aliphatic rings. The number of aromatic nitrogens is 1. The van der Waals surface area contributed by atoms with Gasteiger partial charge in [0.15, 0.2) is 0 Å². The number of nitrogens with one attached hydrogen (secondary N) is 1. The fourth-order valence-electron chi connectivity index (χ4n) is 3.85. The van der Waals surface area contributed by atoms with Gasteiger partial charge < -0.3 is 14.3 Å². The SMILES string of the molecule is Cc1c(C#N)c(NC(=O)CN(C)Cc2ccco2)n(C2CCCC2)c1C. The molecule has 3 rings (SSSR count). The van der Waals surface area contributed by atoms with Crippen molar-refractivity contribution in [1.29, 1.82) is 5.26 Å². The maximum Gasteiger partial charge on any atom is 0.239 e. The third-order valence-electron chi connectivity index (χ3n) is 5.24. The van der Waals surface area contributed by atoms with Crippen LogP contribution in [0.2, 0.25) is 0 Å². The van der Waals surface area contributed by atoms with Crippen molar-refractivity contribution in [2.24, 2.45) is 0 Å². The van der Waals surface area contributed by atoms with Crippen LogP contribution in [-0.2, 0) is 11.3 Å². The van der Waals surface area contributed by atoms with Crippen molar-refractivity contribution in [3.8, 4) is 6.07 Å². The van der Waals surface area contributed by atoms with Crippen LogP contribution in [-0.4, -0.2) is 29.0 Å². The van der Waals surface area contributed by atoms with E-state index >= 15 is 0 Å². The van der Waals surface area contributed by atoms with Crippen molar-refractivity contribution in [3.63, 3.8) is 0 Å². The normalized spacial score (nSPS) is 14.7. The maximum absolute atomic E-state index is 12.6. The molecule has 0 bridgehead atoms. The first-order chi connectivity index (χ1) is 12.5. The Kier molecular flexibility index (Phi) is 5.48. The first kappa shape index (κ1) is 18.3. The molecule has 0 aliphatic heterocycles. The molecule has 1 N–H and O–H groups in total. The van der Waals surface area contributed by atoms with Gasteiger partial charge in [0.05, 0.1) is 24.9 Å². The zero-order valence-electron chi connectivity index (χ0n) is 15.7. The second-order valence-electron chi connectivity index (χ2n) is 7.15. The van der Waals surface area contributed by atoms with E-state index in [1.54, 1.807) is 6.26 Å². The summed E-state index contributed by atoms with van der Waals surface area (Å²) in [5.74, 6) is 1.36. The Balaban J connectivity index is 1.76. The van der Waals surface area contributed by atoms with Crippen LogP contribution < -0.4 is 5.32 Å². The molecule has 1 saturated carbocycles. The Morgan fingerprint density at radius 3 is 2.77 bits per heavy atom. The van der Waals surface area contributed by atoms with E-state index in [1.165, 1.54) is 12.8 Å². The highest BCUT2D eigenvalue weighted by atomic mass is 16.3. The molecule has 1 fully saturated rings. The molecule has 6 nitrogen and oxygen atoms in total. The maximum atomic E-state index is 12.6. The minimum atomic E-state index is -0.118. The predicted octanol–water partition coefficient (Wildman–Crippen LogP) is 3.76. The molecule has 26 heavy (non-hydrogen) atoms. The van der Waals surface area contributed by atoms with Gasteiger partial charge in [-0.1, -0.05) is 12.8 Å². The van der Waals surface area contributed by atoms with Crippen molar-refractivity contribution in [3.05, 3.63) is 41.0 Å². The van der Waals surface area contributed by atoms with Gasteiger partial charge in [0.25, 0.3) is 0 Å². The van der Waals surface area contributed by atoms with Crippen LogP contribution >= 0.6 is 0 Å². The predicted molar refractivity (Wildman–Crippen MR) is 99.8 cm³/mol. The number of rotatable bonds is 6. The highest BCUT2D eigenvalue weighted by molar-refractivity contribution is 5.93. The zero-order chi connectivity index (χ0) is 18.7. The minimum Gasteiger partial charge on any atom is -0.468 e. The third-order valence-corrected chi connectivity index (χ3v) is 5.24. The molecule has 1 amide bonds. The fraction of sp³-hybridized carbons (Fsp3) is 0.500. The average molecular weight is 354 g/mol. The first-order valence-electron chi connectivity index (χ1n) is 9.13. The molecule has 0 aromatic carbocycles. The Morgan fingerprint density at radius 1 is 1.42 bits per heavy atom. The van der Waals surface area contributed by atoms with Gasteiger partial charge in [-0.3, -0.25) is 9.69 Å². The quantitative estimate of drug-likeness (QED) is 0.857.